The molecule has 21 heavy (non-hydrogen) atoms. The van der Waals surface area contributed by atoms with E-state index in [9.17, 15) is 14.7 Å². The van der Waals surface area contributed by atoms with Crippen molar-refractivity contribution in [3.8, 4) is 0 Å². The van der Waals surface area contributed by atoms with Crippen LogP contribution in [-0.4, -0.2) is 46.3 Å². The maximum Gasteiger partial charge on any atom is 0.331 e. The van der Waals surface area contributed by atoms with Gasteiger partial charge < -0.3 is 20.4 Å². The average molecular weight is 312 g/mol. The molecule has 1 fully saturated rings. The number of aliphatic hydroxyl groups excluding tert-OH is 1. The normalized spacial score (nSPS) is 20.0. The lowest BCUT2D eigenvalue weighted by atomic mass is 10.00. The van der Waals surface area contributed by atoms with Crippen molar-refractivity contribution in [1.82, 2.24) is 10.2 Å². The van der Waals surface area contributed by atoms with E-state index in [1.807, 2.05) is 0 Å². The minimum atomic E-state index is -1.07. The number of hydrogen-bond donors (Lipinski definition) is 3. The van der Waals surface area contributed by atoms with Crippen molar-refractivity contribution in [1.29, 1.82) is 0 Å². The van der Waals surface area contributed by atoms with Crippen LogP contribution in [0, 0.1) is 0 Å². The van der Waals surface area contributed by atoms with Crippen LogP contribution in [0.2, 0.25) is 0 Å². The molecule has 0 aliphatic carbocycles. The number of urea groups is 1. The first-order valence-corrected chi connectivity index (χ1v) is 7.95. The molecule has 116 valence electrons. The number of carbonyl (C=O) groups excluding carboxylic acids is 1. The van der Waals surface area contributed by atoms with Crippen LogP contribution in [0.3, 0.4) is 0 Å². The second-order valence-corrected chi connectivity index (χ2v) is 6.07. The summed E-state index contributed by atoms with van der Waals surface area (Å²) in [5, 5.41) is 22.8. The first-order valence-electron chi connectivity index (χ1n) is 7.07. The predicted molar refractivity (Wildman–Crippen MR) is 79.3 cm³/mol. The smallest absolute Gasteiger partial charge is 0.331 e. The van der Waals surface area contributed by atoms with Gasteiger partial charge in [-0.25, -0.2) is 9.59 Å². The predicted octanol–water partition coefficient (Wildman–Crippen LogP) is 1.82. The zero-order valence-corrected chi connectivity index (χ0v) is 12.5. The van der Waals surface area contributed by atoms with Crippen molar-refractivity contribution in [2.75, 3.05) is 13.2 Å². The molecule has 2 amide bonds. The van der Waals surface area contributed by atoms with E-state index in [0.29, 0.717) is 17.8 Å². The lowest BCUT2D eigenvalue weighted by Crippen LogP contribution is -2.50. The van der Waals surface area contributed by atoms with Crippen LogP contribution < -0.4 is 5.32 Å². The molecule has 0 aromatic carbocycles. The number of rotatable bonds is 5. The lowest BCUT2D eigenvalue weighted by Gasteiger charge is -2.36. The van der Waals surface area contributed by atoms with Crippen molar-refractivity contribution in [2.24, 2.45) is 0 Å². The maximum absolute atomic E-state index is 12.4. The summed E-state index contributed by atoms with van der Waals surface area (Å²) in [5.41, 5.74) is 0. The number of likely N-dealkylation sites (tertiary alicyclic amines) is 1. The zero-order chi connectivity index (χ0) is 15.2. The molecule has 0 bridgehead atoms. The Balaban J connectivity index is 2.05. The van der Waals surface area contributed by atoms with Crippen molar-refractivity contribution in [2.45, 2.75) is 37.8 Å². The molecule has 1 aliphatic rings. The number of piperidine rings is 1. The summed E-state index contributed by atoms with van der Waals surface area (Å²) in [5.74, 6) is -1.07. The van der Waals surface area contributed by atoms with Gasteiger partial charge in [0.25, 0.3) is 0 Å². The van der Waals surface area contributed by atoms with E-state index >= 15 is 0 Å². The third-order valence-corrected chi connectivity index (χ3v) is 4.63. The number of carbonyl (C=O) groups is 2. The quantitative estimate of drug-likeness (QED) is 0.773. The highest BCUT2D eigenvalue weighted by Gasteiger charge is 2.30. The van der Waals surface area contributed by atoms with Crippen molar-refractivity contribution in [3.63, 3.8) is 0 Å². The summed E-state index contributed by atoms with van der Waals surface area (Å²) in [6, 6.07) is 2.06. The van der Waals surface area contributed by atoms with Gasteiger partial charge in [0, 0.05) is 24.1 Å². The standard InChI is InChI=1S/C14H20N2O4S/c17-8-6-10-4-1-2-7-16(10)14(20)15-12(13(18)19)11-5-3-9-21-11/h3,5,9-10,12,17H,1-2,4,6-8H2,(H,15,20)(H,18,19). The van der Waals surface area contributed by atoms with Crippen LogP contribution >= 0.6 is 11.3 Å². The van der Waals surface area contributed by atoms with Gasteiger partial charge in [0.15, 0.2) is 6.04 Å². The van der Waals surface area contributed by atoms with Gasteiger partial charge in [0.05, 0.1) is 0 Å². The van der Waals surface area contributed by atoms with Gasteiger partial charge >= 0.3 is 12.0 Å². The largest absolute Gasteiger partial charge is 0.479 e. The Morgan fingerprint density at radius 1 is 1.48 bits per heavy atom. The molecule has 3 N–H and O–H groups in total. The van der Waals surface area contributed by atoms with E-state index < -0.39 is 12.0 Å². The van der Waals surface area contributed by atoms with Gasteiger partial charge in [-0.1, -0.05) is 6.07 Å². The molecule has 1 aromatic rings. The molecule has 0 radical (unpaired) electrons. The Kier molecular flexibility index (Phi) is 5.58. The highest BCUT2D eigenvalue weighted by atomic mass is 32.1. The van der Waals surface area contributed by atoms with Gasteiger partial charge in [-0.05, 0) is 37.1 Å². The summed E-state index contributed by atoms with van der Waals surface area (Å²) in [4.78, 5) is 26.0. The SMILES string of the molecule is O=C(O)C(NC(=O)N1CCCCC1CCO)c1cccs1. The summed E-state index contributed by atoms with van der Waals surface area (Å²) in [6.45, 7) is 0.634. The van der Waals surface area contributed by atoms with Crippen LogP contribution in [0.4, 0.5) is 4.79 Å². The minimum Gasteiger partial charge on any atom is -0.479 e. The van der Waals surface area contributed by atoms with Gasteiger partial charge in [0.2, 0.25) is 0 Å². The van der Waals surface area contributed by atoms with Crippen LogP contribution in [0.5, 0.6) is 0 Å². The topological polar surface area (TPSA) is 89.9 Å². The molecule has 7 heteroatoms. The molecule has 1 aliphatic heterocycles. The molecule has 0 spiro atoms. The number of aliphatic carboxylic acids is 1. The monoisotopic (exact) mass is 312 g/mol. The number of nitrogens with one attached hydrogen (secondary N) is 1. The second-order valence-electron chi connectivity index (χ2n) is 5.09. The number of hydrogen-bond acceptors (Lipinski definition) is 4. The number of aliphatic hydroxyl groups is 1. The number of carboxylic acid groups (broad SMARTS) is 1. The fourth-order valence-electron chi connectivity index (χ4n) is 2.63. The Bertz CT molecular complexity index is 475. The first-order chi connectivity index (χ1) is 10.1. The zero-order valence-electron chi connectivity index (χ0n) is 11.7. The molecule has 2 unspecified atom stereocenters. The molecule has 1 saturated heterocycles. The third-order valence-electron chi connectivity index (χ3n) is 3.69. The van der Waals surface area contributed by atoms with Crippen LogP contribution in [0.25, 0.3) is 0 Å². The molecule has 6 nitrogen and oxygen atoms in total. The highest BCUT2D eigenvalue weighted by molar-refractivity contribution is 7.10. The molecule has 1 aromatic heterocycles. The third kappa shape index (κ3) is 3.95. The van der Waals surface area contributed by atoms with Crippen molar-refractivity contribution in [3.05, 3.63) is 22.4 Å². The molecule has 2 heterocycles. The number of nitrogens with zero attached hydrogens (tertiary/aromatic N) is 1. The van der Waals surface area contributed by atoms with E-state index in [0.717, 1.165) is 19.3 Å². The van der Waals surface area contributed by atoms with E-state index in [4.69, 9.17) is 5.11 Å². The fraction of sp³-hybridized carbons (Fsp3) is 0.571. The fourth-order valence-corrected chi connectivity index (χ4v) is 3.40. The molecular formula is C14H20N2O4S. The maximum atomic E-state index is 12.4. The van der Waals surface area contributed by atoms with E-state index in [1.54, 1.807) is 22.4 Å². The Morgan fingerprint density at radius 2 is 2.29 bits per heavy atom. The number of amides is 2. The Morgan fingerprint density at radius 3 is 2.90 bits per heavy atom. The van der Waals surface area contributed by atoms with E-state index in [2.05, 4.69) is 5.32 Å². The number of carboxylic acids is 1. The van der Waals surface area contributed by atoms with Crippen LogP contribution in [0.1, 0.15) is 36.6 Å². The Hall–Kier alpha value is -1.60. The van der Waals surface area contributed by atoms with Gasteiger partial charge in [-0.3, -0.25) is 0 Å². The number of thiophene rings is 1. The van der Waals surface area contributed by atoms with Crippen molar-refractivity contribution >= 4 is 23.3 Å². The summed E-state index contributed by atoms with van der Waals surface area (Å²) in [7, 11) is 0. The minimum absolute atomic E-state index is 0.0125. The molecule has 0 saturated carbocycles. The lowest BCUT2D eigenvalue weighted by molar-refractivity contribution is -0.139. The van der Waals surface area contributed by atoms with Gasteiger partial charge in [-0.2, -0.15) is 0 Å². The summed E-state index contributed by atoms with van der Waals surface area (Å²) >= 11 is 1.30. The van der Waals surface area contributed by atoms with Gasteiger partial charge in [-0.15, -0.1) is 11.3 Å². The van der Waals surface area contributed by atoms with E-state index in [1.165, 1.54) is 11.3 Å². The van der Waals surface area contributed by atoms with E-state index in [-0.39, 0.29) is 18.7 Å². The molecule has 2 atom stereocenters. The second kappa shape index (κ2) is 7.42. The highest BCUT2D eigenvalue weighted by Crippen LogP contribution is 2.23. The van der Waals surface area contributed by atoms with Crippen molar-refractivity contribution < 1.29 is 19.8 Å². The van der Waals surface area contributed by atoms with Gasteiger partial charge in [0.1, 0.15) is 0 Å². The first kappa shape index (κ1) is 15.8. The van der Waals surface area contributed by atoms with Crippen LogP contribution in [0.15, 0.2) is 17.5 Å². The Labute approximate surface area is 127 Å². The summed E-state index contributed by atoms with van der Waals surface area (Å²) in [6.07, 6.45) is 3.32. The van der Waals surface area contributed by atoms with Crippen LogP contribution in [-0.2, 0) is 4.79 Å². The molecular weight excluding hydrogens is 292 g/mol. The molecule has 2 rings (SSSR count). The summed E-state index contributed by atoms with van der Waals surface area (Å²) < 4.78 is 0. The average Bonchev–Trinajstić information content (AvgIpc) is 2.99.